The molecule has 2 unspecified atom stereocenters. The lowest BCUT2D eigenvalue weighted by Gasteiger charge is -2.31. The molecule has 1 N–H and O–H groups in total. The fourth-order valence-corrected chi connectivity index (χ4v) is 7.15. The summed E-state index contributed by atoms with van der Waals surface area (Å²) in [7, 11) is -3.33. The smallest absolute Gasteiger partial charge is 0.261 e. The number of fused-ring (bicyclic) bond motifs is 1. The van der Waals surface area contributed by atoms with Gasteiger partial charge < -0.3 is 5.32 Å². The maximum Gasteiger partial charge on any atom is 0.261 e. The highest BCUT2D eigenvalue weighted by molar-refractivity contribution is 7.92. The number of nitrogens with zero attached hydrogens (tertiary/aromatic N) is 1. The number of aromatic nitrogens is 1. The van der Waals surface area contributed by atoms with Gasteiger partial charge in [-0.1, -0.05) is 38.8 Å². The van der Waals surface area contributed by atoms with Crippen LogP contribution in [0.4, 0.5) is 0 Å². The molecular formula is C24H28N2O3S2. The van der Waals surface area contributed by atoms with E-state index in [0.717, 1.165) is 41.3 Å². The van der Waals surface area contributed by atoms with E-state index in [9.17, 15) is 13.2 Å². The minimum absolute atomic E-state index is 0.139. The second-order valence-corrected chi connectivity index (χ2v) is 12.0. The number of rotatable bonds is 6. The Morgan fingerprint density at radius 1 is 1.19 bits per heavy atom. The third-order valence-electron chi connectivity index (χ3n) is 6.30. The highest BCUT2D eigenvalue weighted by atomic mass is 32.2. The molecular weight excluding hydrogens is 428 g/mol. The third-order valence-corrected chi connectivity index (χ3v) is 9.62. The van der Waals surface area contributed by atoms with E-state index in [4.69, 9.17) is 0 Å². The first-order valence-corrected chi connectivity index (χ1v) is 13.2. The Labute approximate surface area is 187 Å². The van der Waals surface area contributed by atoms with Gasteiger partial charge in [0.1, 0.15) is 0 Å². The van der Waals surface area contributed by atoms with Crippen LogP contribution in [0.25, 0.3) is 10.1 Å². The maximum atomic E-state index is 13.1. The van der Waals surface area contributed by atoms with Crippen molar-refractivity contribution in [2.45, 2.75) is 56.2 Å². The first kappa shape index (κ1) is 22.0. The summed E-state index contributed by atoms with van der Waals surface area (Å²) in [6.45, 7) is 4.71. The van der Waals surface area contributed by atoms with Crippen LogP contribution in [0.15, 0.2) is 53.7 Å². The zero-order chi connectivity index (χ0) is 22.0. The largest absolute Gasteiger partial charge is 0.347 e. The molecule has 2 heterocycles. The van der Waals surface area contributed by atoms with Gasteiger partial charge in [-0.2, -0.15) is 0 Å². The van der Waals surface area contributed by atoms with Crippen LogP contribution in [0.1, 0.15) is 54.8 Å². The van der Waals surface area contributed by atoms with Gasteiger partial charge in [-0.25, -0.2) is 8.42 Å². The van der Waals surface area contributed by atoms with Gasteiger partial charge in [0.2, 0.25) is 0 Å². The van der Waals surface area contributed by atoms with Crippen molar-refractivity contribution in [2.24, 2.45) is 11.8 Å². The number of carbonyl (C=O) groups excluding carboxylic acids is 1. The second-order valence-electron chi connectivity index (χ2n) is 8.69. The number of amides is 1. The van der Waals surface area contributed by atoms with Crippen molar-refractivity contribution in [3.63, 3.8) is 0 Å². The van der Waals surface area contributed by atoms with Crippen LogP contribution in [-0.2, 0) is 16.4 Å². The number of benzene rings is 1. The Bertz CT molecular complexity index is 1130. The molecule has 0 aliphatic heterocycles. The summed E-state index contributed by atoms with van der Waals surface area (Å²) in [5.41, 5.74) is 0.874. The molecule has 164 valence electrons. The summed E-state index contributed by atoms with van der Waals surface area (Å²) in [4.78, 5) is 17.6. The van der Waals surface area contributed by atoms with Crippen LogP contribution >= 0.6 is 11.3 Å². The van der Waals surface area contributed by atoms with Gasteiger partial charge in [-0.3, -0.25) is 9.78 Å². The maximum absolute atomic E-state index is 13.1. The minimum atomic E-state index is -3.33. The van der Waals surface area contributed by atoms with Crippen LogP contribution in [0.5, 0.6) is 0 Å². The number of hydrogen-bond donors (Lipinski definition) is 1. The molecule has 3 aromatic rings. The Balaban J connectivity index is 1.40. The third kappa shape index (κ3) is 4.83. The zero-order valence-electron chi connectivity index (χ0n) is 17.9. The number of hydrogen-bond acceptors (Lipinski definition) is 5. The van der Waals surface area contributed by atoms with Crippen LogP contribution < -0.4 is 5.32 Å². The molecule has 1 aliphatic rings. The van der Waals surface area contributed by atoms with Crippen molar-refractivity contribution in [2.75, 3.05) is 0 Å². The van der Waals surface area contributed by atoms with E-state index < -0.39 is 9.84 Å². The fourth-order valence-electron chi connectivity index (χ4n) is 4.32. The SMILES string of the molecule is CC(C)C1CCCC(S(=O)(=O)c2ccc(CNC(=O)c3cc4ccncc4s3)cc2)C1. The van der Waals surface area contributed by atoms with Gasteiger partial charge in [0.15, 0.2) is 9.84 Å². The van der Waals surface area contributed by atoms with Crippen LogP contribution in [0.2, 0.25) is 0 Å². The van der Waals surface area contributed by atoms with Crippen molar-refractivity contribution >= 4 is 37.2 Å². The van der Waals surface area contributed by atoms with Gasteiger partial charge in [0.25, 0.3) is 5.91 Å². The van der Waals surface area contributed by atoms with E-state index in [0.29, 0.717) is 28.2 Å². The van der Waals surface area contributed by atoms with Crippen molar-refractivity contribution in [3.8, 4) is 0 Å². The van der Waals surface area contributed by atoms with Gasteiger partial charge in [0, 0.05) is 18.9 Å². The quantitative estimate of drug-likeness (QED) is 0.552. The molecule has 1 aliphatic carbocycles. The van der Waals surface area contributed by atoms with Gasteiger partial charge in [-0.15, -0.1) is 11.3 Å². The molecule has 2 atom stereocenters. The number of nitrogens with one attached hydrogen (secondary N) is 1. The molecule has 0 radical (unpaired) electrons. The normalized spacial score (nSPS) is 19.6. The molecule has 0 bridgehead atoms. The summed E-state index contributed by atoms with van der Waals surface area (Å²) in [5, 5.41) is 3.63. The standard InChI is InChI=1S/C24H28N2O3S2/c1-16(2)18-4-3-5-21(12-18)31(28,29)20-8-6-17(7-9-20)14-26-24(27)22-13-19-10-11-25-15-23(19)30-22/h6-11,13,15-16,18,21H,3-5,12,14H2,1-2H3,(H,26,27). The topological polar surface area (TPSA) is 76.1 Å². The lowest BCUT2D eigenvalue weighted by molar-refractivity contribution is 0.0955. The Kier molecular flexibility index (Phi) is 6.44. The fraction of sp³-hybridized carbons (Fsp3) is 0.417. The number of thiophene rings is 1. The van der Waals surface area contributed by atoms with Crippen LogP contribution in [-0.4, -0.2) is 24.6 Å². The Morgan fingerprint density at radius 2 is 1.97 bits per heavy atom. The Morgan fingerprint density at radius 3 is 2.68 bits per heavy atom. The Hall–Kier alpha value is -2.25. The van der Waals surface area contributed by atoms with E-state index in [1.165, 1.54) is 11.3 Å². The molecule has 0 spiro atoms. The molecule has 4 rings (SSSR count). The number of pyridine rings is 1. The first-order valence-electron chi connectivity index (χ1n) is 10.8. The first-order chi connectivity index (χ1) is 14.8. The van der Waals surface area contributed by atoms with Crippen LogP contribution in [0, 0.1) is 11.8 Å². The van der Waals surface area contributed by atoms with Gasteiger partial charge in [-0.05, 0) is 59.9 Å². The van der Waals surface area contributed by atoms with Crippen molar-refractivity contribution in [3.05, 3.63) is 59.2 Å². The highest BCUT2D eigenvalue weighted by Gasteiger charge is 2.33. The lowest BCUT2D eigenvalue weighted by atomic mass is 9.81. The van der Waals surface area contributed by atoms with Gasteiger partial charge in [0.05, 0.1) is 19.7 Å². The average molecular weight is 457 g/mol. The molecule has 5 nitrogen and oxygen atoms in total. The van der Waals surface area contributed by atoms with Crippen molar-refractivity contribution in [1.29, 1.82) is 0 Å². The predicted molar refractivity (Wildman–Crippen MR) is 125 cm³/mol. The number of carbonyl (C=O) groups is 1. The molecule has 0 saturated heterocycles. The molecule has 1 saturated carbocycles. The van der Waals surface area contributed by atoms with E-state index in [-0.39, 0.29) is 11.2 Å². The van der Waals surface area contributed by atoms with Gasteiger partial charge >= 0.3 is 0 Å². The van der Waals surface area contributed by atoms with E-state index >= 15 is 0 Å². The monoisotopic (exact) mass is 456 g/mol. The predicted octanol–water partition coefficient (Wildman–Crippen LogP) is 5.21. The molecule has 1 aromatic carbocycles. The molecule has 1 amide bonds. The summed E-state index contributed by atoms with van der Waals surface area (Å²) in [6, 6.07) is 10.7. The zero-order valence-corrected chi connectivity index (χ0v) is 19.5. The molecule has 7 heteroatoms. The van der Waals surface area contributed by atoms with Crippen molar-refractivity contribution in [1.82, 2.24) is 10.3 Å². The van der Waals surface area contributed by atoms with Crippen LogP contribution in [0.3, 0.4) is 0 Å². The van der Waals surface area contributed by atoms with E-state index in [1.54, 1.807) is 36.7 Å². The number of sulfone groups is 1. The molecule has 1 fully saturated rings. The molecule has 31 heavy (non-hydrogen) atoms. The minimum Gasteiger partial charge on any atom is -0.347 e. The summed E-state index contributed by atoms with van der Waals surface area (Å²) < 4.78 is 27.2. The summed E-state index contributed by atoms with van der Waals surface area (Å²) >= 11 is 1.41. The average Bonchev–Trinajstić information content (AvgIpc) is 3.22. The van der Waals surface area contributed by atoms with E-state index in [2.05, 4.69) is 24.1 Å². The highest BCUT2D eigenvalue weighted by Crippen LogP contribution is 2.35. The van der Waals surface area contributed by atoms with Crippen molar-refractivity contribution < 1.29 is 13.2 Å². The summed E-state index contributed by atoms with van der Waals surface area (Å²) in [5.74, 6) is 0.855. The van der Waals surface area contributed by atoms with E-state index in [1.807, 2.05) is 12.1 Å². The lowest BCUT2D eigenvalue weighted by Crippen LogP contribution is -2.30. The summed E-state index contributed by atoms with van der Waals surface area (Å²) in [6.07, 6.45) is 7.06. The second kappa shape index (κ2) is 9.09. The molecule has 2 aromatic heterocycles.